The Balaban J connectivity index is 0. The average molecular weight is 272 g/mol. The van der Waals surface area contributed by atoms with E-state index in [4.69, 9.17) is 5.11 Å². The van der Waals surface area contributed by atoms with Gasteiger partial charge in [-0.25, -0.2) is 9.59 Å². The Morgan fingerprint density at radius 2 is 1.79 bits per heavy atom. The highest BCUT2D eigenvalue weighted by atomic mass is 16.5. The van der Waals surface area contributed by atoms with Gasteiger partial charge < -0.3 is 14.6 Å². The van der Waals surface area contributed by atoms with Crippen LogP contribution in [0.5, 0.6) is 0 Å². The predicted octanol–water partition coefficient (Wildman–Crippen LogP) is 2.00. The number of hydrogen-bond donors (Lipinski definition) is 1. The van der Waals surface area contributed by atoms with Gasteiger partial charge in [0.15, 0.2) is 0 Å². The third kappa shape index (κ3) is 16.4. The minimum Gasteiger partial charge on any atom is -0.463 e. The van der Waals surface area contributed by atoms with E-state index in [1.54, 1.807) is 6.92 Å². The molecule has 0 atom stereocenters. The summed E-state index contributed by atoms with van der Waals surface area (Å²) in [6.45, 7) is 11.1. The molecule has 0 saturated heterocycles. The first-order chi connectivity index (χ1) is 8.99. The van der Waals surface area contributed by atoms with Crippen LogP contribution >= 0.6 is 0 Å². The van der Waals surface area contributed by atoms with Crippen molar-refractivity contribution in [2.24, 2.45) is 0 Å². The molecule has 0 aliphatic rings. The Morgan fingerprint density at radius 1 is 1.21 bits per heavy atom. The second-order valence-corrected chi connectivity index (χ2v) is 3.72. The van der Waals surface area contributed by atoms with E-state index in [1.165, 1.54) is 6.08 Å². The number of hydrogen-bond acceptors (Lipinski definition) is 5. The minimum absolute atomic E-state index is 0.0451. The van der Waals surface area contributed by atoms with Crippen LogP contribution in [0.25, 0.3) is 0 Å². The van der Waals surface area contributed by atoms with Crippen LogP contribution in [0.15, 0.2) is 24.8 Å². The first-order valence-corrected chi connectivity index (χ1v) is 6.22. The number of esters is 2. The summed E-state index contributed by atoms with van der Waals surface area (Å²) in [4.78, 5) is 21.0. The molecular weight excluding hydrogens is 248 g/mol. The van der Waals surface area contributed by atoms with Crippen molar-refractivity contribution in [1.29, 1.82) is 0 Å². The maximum Gasteiger partial charge on any atom is 0.333 e. The average Bonchev–Trinajstić information content (AvgIpc) is 2.39. The molecule has 0 aromatic carbocycles. The van der Waals surface area contributed by atoms with Crippen molar-refractivity contribution in [3.05, 3.63) is 24.8 Å². The summed E-state index contributed by atoms with van der Waals surface area (Å²) >= 11 is 0. The number of unbranched alkanes of at least 4 members (excludes halogenated alkanes) is 1. The van der Waals surface area contributed by atoms with Crippen molar-refractivity contribution in [3.8, 4) is 0 Å². The smallest absolute Gasteiger partial charge is 0.333 e. The Hall–Kier alpha value is -1.62. The van der Waals surface area contributed by atoms with Crippen molar-refractivity contribution in [2.45, 2.75) is 33.1 Å². The second-order valence-electron chi connectivity index (χ2n) is 3.72. The summed E-state index contributed by atoms with van der Waals surface area (Å²) in [5, 5.41) is 8.30. The van der Waals surface area contributed by atoms with Crippen LogP contribution in [-0.2, 0) is 19.1 Å². The van der Waals surface area contributed by atoms with Gasteiger partial charge in [-0.1, -0.05) is 26.5 Å². The normalized spacial score (nSPS) is 8.79. The molecule has 0 radical (unpaired) electrons. The van der Waals surface area contributed by atoms with Crippen molar-refractivity contribution in [3.63, 3.8) is 0 Å². The molecule has 0 fully saturated rings. The van der Waals surface area contributed by atoms with Gasteiger partial charge in [-0.3, -0.25) is 0 Å². The Bertz CT molecular complexity index is 284. The molecular formula is C14H24O5. The van der Waals surface area contributed by atoms with E-state index in [0.29, 0.717) is 18.6 Å². The fourth-order valence-electron chi connectivity index (χ4n) is 0.729. The summed E-state index contributed by atoms with van der Waals surface area (Å²) in [5.74, 6) is -0.725. The molecule has 5 heteroatoms. The molecule has 1 N–H and O–H groups in total. The first-order valence-electron chi connectivity index (χ1n) is 6.22. The van der Waals surface area contributed by atoms with E-state index in [1.807, 2.05) is 6.92 Å². The monoisotopic (exact) mass is 272 g/mol. The van der Waals surface area contributed by atoms with Gasteiger partial charge in [0, 0.05) is 24.7 Å². The zero-order valence-corrected chi connectivity index (χ0v) is 11.8. The van der Waals surface area contributed by atoms with Gasteiger partial charge >= 0.3 is 11.9 Å². The molecule has 0 aliphatic carbocycles. The highest BCUT2D eigenvalue weighted by Gasteiger charge is 2.00. The summed E-state index contributed by atoms with van der Waals surface area (Å²) in [7, 11) is 0. The Labute approximate surface area is 114 Å². The molecule has 0 spiro atoms. The molecule has 0 aromatic heterocycles. The van der Waals surface area contributed by atoms with Crippen molar-refractivity contribution >= 4 is 11.9 Å². The van der Waals surface area contributed by atoms with Gasteiger partial charge in [0.05, 0.1) is 13.2 Å². The van der Waals surface area contributed by atoms with E-state index >= 15 is 0 Å². The molecule has 110 valence electrons. The SMILES string of the molecule is C=C(C)C(=O)OCCCO.C=CC(=O)OCCCC. The molecule has 0 saturated carbocycles. The highest BCUT2D eigenvalue weighted by Crippen LogP contribution is 1.92. The number of rotatable bonds is 8. The maximum absolute atomic E-state index is 10.6. The number of carbonyl (C=O) groups is 2. The zero-order chi connectivity index (χ0) is 15.1. The fraction of sp³-hybridized carbons (Fsp3) is 0.571. The van der Waals surface area contributed by atoms with Crippen molar-refractivity contribution < 1.29 is 24.2 Å². The van der Waals surface area contributed by atoms with Crippen molar-refractivity contribution in [2.75, 3.05) is 19.8 Å². The molecule has 0 amide bonds. The quantitative estimate of drug-likeness (QED) is 0.415. The van der Waals surface area contributed by atoms with Gasteiger partial charge in [-0.2, -0.15) is 0 Å². The van der Waals surface area contributed by atoms with Crippen LogP contribution in [-0.4, -0.2) is 36.9 Å². The number of carbonyl (C=O) groups excluding carboxylic acids is 2. The lowest BCUT2D eigenvalue weighted by molar-refractivity contribution is -0.139. The lowest BCUT2D eigenvalue weighted by Gasteiger charge is -2.00. The Morgan fingerprint density at radius 3 is 2.21 bits per heavy atom. The fourth-order valence-corrected chi connectivity index (χ4v) is 0.729. The first kappa shape index (κ1) is 19.7. The second kappa shape index (κ2) is 14.4. The van der Waals surface area contributed by atoms with E-state index in [2.05, 4.69) is 22.6 Å². The summed E-state index contributed by atoms with van der Waals surface area (Å²) < 4.78 is 9.32. The van der Waals surface area contributed by atoms with E-state index in [9.17, 15) is 9.59 Å². The number of aliphatic hydroxyl groups is 1. The number of aliphatic hydroxyl groups excluding tert-OH is 1. The predicted molar refractivity (Wildman–Crippen MR) is 73.5 cm³/mol. The summed E-state index contributed by atoms with van der Waals surface area (Å²) in [6, 6.07) is 0. The molecule has 0 rings (SSSR count). The lowest BCUT2D eigenvalue weighted by atomic mass is 10.4. The Kier molecular flexibility index (Phi) is 15.0. The molecule has 0 aliphatic heterocycles. The van der Waals surface area contributed by atoms with Crippen LogP contribution in [0.1, 0.15) is 33.1 Å². The minimum atomic E-state index is -0.395. The molecule has 0 bridgehead atoms. The highest BCUT2D eigenvalue weighted by molar-refractivity contribution is 5.86. The zero-order valence-electron chi connectivity index (χ0n) is 11.8. The molecule has 19 heavy (non-hydrogen) atoms. The molecule has 5 nitrogen and oxygen atoms in total. The van der Waals surface area contributed by atoms with Gasteiger partial charge in [0.25, 0.3) is 0 Å². The van der Waals surface area contributed by atoms with E-state index in [0.717, 1.165) is 12.8 Å². The van der Waals surface area contributed by atoms with E-state index in [-0.39, 0.29) is 19.2 Å². The third-order valence-electron chi connectivity index (χ3n) is 1.79. The standard InChI is InChI=1S/C7H12O3.C7H12O2/c1-6(2)7(9)10-5-3-4-8;1-3-5-6-9-7(8)4-2/h8H,1,3-5H2,2H3;4H,2-3,5-6H2,1H3. The van der Waals surface area contributed by atoms with Crippen LogP contribution in [0, 0.1) is 0 Å². The van der Waals surface area contributed by atoms with Gasteiger partial charge in [0.1, 0.15) is 0 Å². The lowest BCUT2D eigenvalue weighted by Crippen LogP contribution is -2.06. The summed E-state index contributed by atoms with van der Waals surface area (Å²) in [5.41, 5.74) is 0.387. The van der Waals surface area contributed by atoms with Crippen LogP contribution in [0.4, 0.5) is 0 Å². The molecule has 0 unspecified atom stereocenters. The third-order valence-corrected chi connectivity index (χ3v) is 1.79. The van der Waals surface area contributed by atoms with Crippen LogP contribution < -0.4 is 0 Å². The van der Waals surface area contributed by atoms with Crippen LogP contribution in [0.2, 0.25) is 0 Å². The van der Waals surface area contributed by atoms with Crippen molar-refractivity contribution in [1.82, 2.24) is 0 Å². The molecule has 0 aromatic rings. The summed E-state index contributed by atoms with van der Waals surface area (Å²) in [6.07, 6.45) is 3.64. The molecule has 0 heterocycles. The van der Waals surface area contributed by atoms with Gasteiger partial charge in [-0.15, -0.1) is 0 Å². The topological polar surface area (TPSA) is 72.8 Å². The number of ether oxygens (including phenoxy) is 2. The largest absolute Gasteiger partial charge is 0.463 e. The van der Waals surface area contributed by atoms with Gasteiger partial charge in [-0.05, 0) is 13.3 Å². The van der Waals surface area contributed by atoms with Gasteiger partial charge in [0.2, 0.25) is 0 Å². The maximum atomic E-state index is 10.6. The van der Waals surface area contributed by atoms with Crippen LogP contribution in [0.3, 0.4) is 0 Å². The van der Waals surface area contributed by atoms with E-state index < -0.39 is 5.97 Å².